The molecule has 1 aromatic carbocycles. The smallest absolute Gasteiger partial charge is 0.0512 e. The van der Waals surface area contributed by atoms with Gasteiger partial charge in [-0.2, -0.15) is 0 Å². The summed E-state index contributed by atoms with van der Waals surface area (Å²) < 4.78 is 0. The fraction of sp³-hybridized carbons (Fsp3) is 0.600. The number of nitrogens with zero attached hydrogens (tertiary/aromatic N) is 1. The molecule has 2 heteroatoms. The molecule has 1 N–H and O–H groups in total. The summed E-state index contributed by atoms with van der Waals surface area (Å²) >= 11 is 0. The molecule has 0 amide bonds. The number of piperidine rings is 1. The van der Waals surface area contributed by atoms with Gasteiger partial charge in [-0.25, -0.2) is 0 Å². The van der Waals surface area contributed by atoms with Crippen LogP contribution in [-0.2, 0) is 0 Å². The lowest BCUT2D eigenvalue weighted by atomic mass is 9.94. The van der Waals surface area contributed by atoms with E-state index in [0.29, 0.717) is 0 Å². The van der Waals surface area contributed by atoms with Crippen LogP contribution in [0.25, 0.3) is 0 Å². The molecule has 1 aliphatic heterocycles. The maximum atomic E-state index is 9.61. The zero-order chi connectivity index (χ0) is 12.1. The Morgan fingerprint density at radius 3 is 2.53 bits per heavy atom. The Morgan fingerprint density at radius 1 is 1.18 bits per heavy atom. The number of aryl methyl sites for hydroxylation is 1. The van der Waals surface area contributed by atoms with E-state index in [2.05, 4.69) is 36.1 Å². The second-order valence-electron chi connectivity index (χ2n) is 5.10. The molecule has 1 fully saturated rings. The van der Waals surface area contributed by atoms with E-state index in [9.17, 15) is 5.11 Å². The van der Waals surface area contributed by atoms with Crippen molar-refractivity contribution in [3.8, 4) is 0 Å². The number of hydrogen-bond acceptors (Lipinski definition) is 2. The Labute approximate surface area is 104 Å². The third-order valence-electron chi connectivity index (χ3n) is 3.78. The average molecular weight is 233 g/mol. The molecule has 2 rings (SSSR count). The van der Waals surface area contributed by atoms with Crippen LogP contribution in [0.4, 0.5) is 0 Å². The highest BCUT2D eigenvalue weighted by atomic mass is 16.3. The molecule has 1 saturated heterocycles. The Balaban J connectivity index is 2.03. The summed E-state index contributed by atoms with van der Waals surface area (Å²) in [4.78, 5) is 2.50. The molecule has 1 atom stereocenters. The normalized spacial score (nSPS) is 19.2. The van der Waals surface area contributed by atoms with Gasteiger partial charge < -0.3 is 10.0 Å². The van der Waals surface area contributed by atoms with Gasteiger partial charge in [-0.1, -0.05) is 30.7 Å². The standard InChI is InChI=1S/C15H23NO/c1-13-7-3-4-8-15(13)14(12-17)11-16-9-5-2-6-10-16/h3-4,7-8,14,17H,2,5-6,9-12H2,1H3. The largest absolute Gasteiger partial charge is 0.396 e. The zero-order valence-electron chi connectivity index (χ0n) is 10.7. The number of benzene rings is 1. The summed E-state index contributed by atoms with van der Waals surface area (Å²) in [7, 11) is 0. The van der Waals surface area contributed by atoms with Gasteiger partial charge in [0.05, 0.1) is 6.61 Å². The van der Waals surface area contributed by atoms with Crippen LogP contribution < -0.4 is 0 Å². The van der Waals surface area contributed by atoms with Gasteiger partial charge in [0.15, 0.2) is 0 Å². The predicted molar refractivity (Wildman–Crippen MR) is 71.3 cm³/mol. The summed E-state index contributed by atoms with van der Waals surface area (Å²) in [5.41, 5.74) is 2.60. The molecule has 0 radical (unpaired) electrons. The predicted octanol–water partition coefficient (Wildman–Crippen LogP) is 2.56. The highest BCUT2D eigenvalue weighted by Crippen LogP contribution is 2.22. The summed E-state index contributed by atoms with van der Waals surface area (Å²) in [5, 5.41) is 9.61. The van der Waals surface area contributed by atoms with Crippen LogP contribution >= 0.6 is 0 Å². The van der Waals surface area contributed by atoms with Gasteiger partial charge in [0.25, 0.3) is 0 Å². The van der Waals surface area contributed by atoms with Crippen LogP contribution in [0.15, 0.2) is 24.3 Å². The van der Waals surface area contributed by atoms with Crippen molar-refractivity contribution in [3.05, 3.63) is 35.4 Å². The van der Waals surface area contributed by atoms with Crippen molar-refractivity contribution < 1.29 is 5.11 Å². The molecular weight excluding hydrogens is 210 g/mol. The minimum Gasteiger partial charge on any atom is -0.396 e. The van der Waals surface area contributed by atoms with Crippen molar-refractivity contribution in [2.75, 3.05) is 26.2 Å². The maximum absolute atomic E-state index is 9.61. The third kappa shape index (κ3) is 3.30. The van der Waals surface area contributed by atoms with E-state index < -0.39 is 0 Å². The van der Waals surface area contributed by atoms with Gasteiger partial charge >= 0.3 is 0 Å². The molecule has 0 spiro atoms. The Morgan fingerprint density at radius 2 is 1.88 bits per heavy atom. The van der Waals surface area contributed by atoms with Crippen molar-refractivity contribution in [1.82, 2.24) is 4.90 Å². The fourth-order valence-corrected chi connectivity index (χ4v) is 2.75. The van der Waals surface area contributed by atoms with Gasteiger partial charge in [0.1, 0.15) is 0 Å². The lowest BCUT2D eigenvalue weighted by Crippen LogP contribution is -2.34. The molecule has 1 aromatic rings. The first-order valence-electron chi connectivity index (χ1n) is 6.70. The maximum Gasteiger partial charge on any atom is 0.0512 e. The van der Waals surface area contributed by atoms with Crippen molar-refractivity contribution in [2.45, 2.75) is 32.1 Å². The van der Waals surface area contributed by atoms with Crippen LogP contribution in [0.1, 0.15) is 36.3 Å². The minimum absolute atomic E-state index is 0.251. The van der Waals surface area contributed by atoms with E-state index in [-0.39, 0.29) is 12.5 Å². The highest BCUT2D eigenvalue weighted by Gasteiger charge is 2.18. The first-order valence-corrected chi connectivity index (χ1v) is 6.70. The van der Waals surface area contributed by atoms with Crippen LogP contribution in [0.5, 0.6) is 0 Å². The summed E-state index contributed by atoms with van der Waals surface area (Å²) in [5.74, 6) is 0.272. The van der Waals surface area contributed by atoms with Crippen molar-refractivity contribution in [3.63, 3.8) is 0 Å². The number of rotatable bonds is 4. The molecule has 0 saturated carbocycles. The molecular formula is C15H23NO. The van der Waals surface area contributed by atoms with E-state index in [0.717, 1.165) is 6.54 Å². The van der Waals surface area contributed by atoms with Crippen molar-refractivity contribution >= 4 is 0 Å². The quantitative estimate of drug-likeness (QED) is 0.864. The van der Waals surface area contributed by atoms with Crippen LogP contribution in [0.3, 0.4) is 0 Å². The van der Waals surface area contributed by atoms with Crippen LogP contribution in [0.2, 0.25) is 0 Å². The second kappa shape index (κ2) is 6.18. The van der Waals surface area contributed by atoms with E-state index in [1.165, 1.54) is 43.5 Å². The molecule has 1 heterocycles. The number of hydrogen-bond donors (Lipinski definition) is 1. The monoisotopic (exact) mass is 233 g/mol. The molecule has 17 heavy (non-hydrogen) atoms. The molecule has 1 unspecified atom stereocenters. The molecule has 0 aromatic heterocycles. The Hall–Kier alpha value is -0.860. The molecule has 1 aliphatic rings. The number of aliphatic hydroxyl groups is 1. The van der Waals surface area contributed by atoms with Gasteiger partial charge in [-0.15, -0.1) is 0 Å². The molecule has 0 bridgehead atoms. The first-order chi connectivity index (χ1) is 8.31. The Bertz CT molecular complexity index is 345. The van der Waals surface area contributed by atoms with E-state index in [4.69, 9.17) is 0 Å². The van der Waals surface area contributed by atoms with Gasteiger partial charge in [-0.3, -0.25) is 0 Å². The van der Waals surface area contributed by atoms with Crippen LogP contribution in [-0.4, -0.2) is 36.2 Å². The molecule has 0 aliphatic carbocycles. The highest BCUT2D eigenvalue weighted by molar-refractivity contribution is 5.29. The number of aliphatic hydroxyl groups excluding tert-OH is 1. The first kappa shape index (κ1) is 12.6. The van der Waals surface area contributed by atoms with Gasteiger partial charge in [-0.05, 0) is 44.0 Å². The summed E-state index contributed by atoms with van der Waals surface area (Å²) in [6, 6.07) is 8.42. The summed E-state index contributed by atoms with van der Waals surface area (Å²) in [6.07, 6.45) is 3.99. The molecule has 2 nitrogen and oxygen atoms in total. The SMILES string of the molecule is Cc1ccccc1C(CO)CN1CCCCC1. The fourth-order valence-electron chi connectivity index (χ4n) is 2.75. The Kier molecular flexibility index (Phi) is 4.57. The van der Waals surface area contributed by atoms with Crippen LogP contribution in [0, 0.1) is 6.92 Å². The topological polar surface area (TPSA) is 23.5 Å². The zero-order valence-corrected chi connectivity index (χ0v) is 10.7. The number of likely N-dealkylation sites (tertiary alicyclic amines) is 1. The van der Waals surface area contributed by atoms with Crippen molar-refractivity contribution in [1.29, 1.82) is 0 Å². The molecule has 94 valence electrons. The average Bonchev–Trinajstić information content (AvgIpc) is 2.38. The van der Waals surface area contributed by atoms with E-state index in [1.807, 2.05) is 0 Å². The minimum atomic E-state index is 0.251. The lowest BCUT2D eigenvalue weighted by molar-refractivity contribution is 0.178. The third-order valence-corrected chi connectivity index (χ3v) is 3.78. The summed E-state index contributed by atoms with van der Waals surface area (Å²) in [6.45, 7) is 5.78. The van der Waals surface area contributed by atoms with Gasteiger partial charge in [0.2, 0.25) is 0 Å². The second-order valence-corrected chi connectivity index (χ2v) is 5.10. The lowest BCUT2D eigenvalue weighted by Gasteiger charge is -2.30. The van der Waals surface area contributed by atoms with Gasteiger partial charge in [0, 0.05) is 12.5 Å². The van der Waals surface area contributed by atoms with E-state index in [1.54, 1.807) is 0 Å². The van der Waals surface area contributed by atoms with Crippen molar-refractivity contribution in [2.24, 2.45) is 0 Å². The van der Waals surface area contributed by atoms with E-state index >= 15 is 0 Å².